The number of esters is 3. The van der Waals surface area contributed by atoms with E-state index in [1.165, 1.54) is 148 Å². The summed E-state index contributed by atoms with van der Waals surface area (Å²) in [6.45, 7) is 6.43. The average molecular weight is 841 g/mol. The lowest BCUT2D eigenvalue weighted by Gasteiger charge is -2.18. The quantitative estimate of drug-likeness (QED) is 0.0263. The molecule has 0 radical (unpaired) electrons. The van der Waals surface area contributed by atoms with E-state index in [-0.39, 0.29) is 31.6 Å². The number of hydrogen-bond acceptors (Lipinski definition) is 6. The Kier molecular flexibility index (Phi) is 46.9. The van der Waals surface area contributed by atoms with Crippen molar-refractivity contribution >= 4 is 17.9 Å². The largest absolute Gasteiger partial charge is 0.462 e. The maximum absolute atomic E-state index is 12.8. The van der Waals surface area contributed by atoms with Crippen molar-refractivity contribution in [1.82, 2.24) is 0 Å². The molecule has 0 aliphatic rings. The Morgan fingerprint density at radius 1 is 0.367 bits per heavy atom. The third kappa shape index (κ3) is 46.4. The zero-order chi connectivity index (χ0) is 43.7. The summed E-state index contributed by atoms with van der Waals surface area (Å²) in [4.78, 5) is 37.8. The smallest absolute Gasteiger partial charge is 0.309 e. The number of carbonyl (C=O) groups is 3. The van der Waals surface area contributed by atoms with Gasteiger partial charge in [-0.2, -0.15) is 0 Å². The van der Waals surface area contributed by atoms with Crippen LogP contribution in [0, 0.1) is 0 Å². The highest BCUT2D eigenvalue weighted by atomic mass is 16.6. The van der Waals surface area contributed by atoms with Gasteiger partial charge in [0.25, 0.3) is 0 Å². The van der Waals surface area contributed by atoms with Crippen molar-refractivity contribution in [2.24, 2.45) is 0 Å². The first-order valence-electron chi connectivity index (χ1n) is 25.6. The zero-order valence-electron chi connectivity index (χ0n) is 39.7. The van der Waals surface area contributed by atoms with E-state index in [4.69, 9.17) is 14.2 Å². The summed E-state index contributed by atoms with van der Waals surface area (Å²) in [5.74, 6) is -1.03. The molecule has 6 nitrogen and oxygen atoms in total. The second-order valence-electron chi connectivity index (χ2n) is 17.1. The molecule has 348 valence electrons. The van der Waals surface area contributed by atoms with Crippen molar-refractivity contribution in [1.29, 1.82) is 0 Å². The van der Waals surface area contributed by atoms with Crippen LogP contribution in [0.2, 0.25) is 0 Å². The first-order valence-corrected chi connectivity index (χ1v) is 25.6. The van der Waals surface area contributed by atoms with Crippen LogP contribution in [0.25, 0.3) is 0 Å². The van der Waals surface area contributed by atoms with E-state index in [2.05, 4.69) is 57.2 Å². The third-order valence-electron chi connectivity index (χ3n) is 11.1. The van der Waals surface area contributed by atoms with Crippen LogP contribution in [-0.2, 0) is 28.6 Å². The SMILES string of the molecule is CC/C=C\C/C=C\C/C=C\CC(=O)OCC(COC(=O)CCCCCCCCCCCCCCCCCCC)OC(=O)CCCCCCC/C=C\CCCCCCCCC. The van der Waals surface area contributed by atoms with Crippen LogP contribution in [0.15, 0.2) is 48.6 Å². The monoisotopic (exact) mass is 841 g/mol. The van der Waals surface area contributed by atoms with Gasteiger partial charge in [-0.3, -0.25) is 14.4 Å². The van der Waals surface area contributed by atoms with Crippen LogP contribution < -0.4 is 0 Å². The minimum atomic E-state index is -0.808. The number of hydrogen-bond donors (Lipinski definition) is 0. The molecule has 6 heteroatoms. The van der Waals surface area contributed by atoms with Crippen molar-refractivity contribution in [3.05, 3.63) is 48.6 Å². The molecule has 0 aromatic rings. The minimum Gasteiger partial charge on any atom is -0.462 e. The Hall–Kier alpha value is -2.63. The normalized spacial score (nSPS) is 12.4. The molecule has 1 atom stereocenters. The molecule has 0 saturated heterocycles. The third-order valence-corrected chi connectivity index (χ3v) is 11.1. The van der Waals surface area contributed by atoms with Gasteiger partial charge in [0.05, 0.1) is 6.42 Å². The van der Waals surface area contributed by atoms with Gasteiger partial charge in [0.1, 0.15) is 13.2 Å². The number of rotatable bonds is 46. The molecule has 0 aromatic heterocycles. The molecule has 1 unspecified atom stereocenters. The second-order valence-corrected chi connectivity index (χ2v) is 17.1. The average Bonchev–Trinajstić information content (AvgIpc) is 3.24. The van der Waals surface area contributed by atoms with E-state index in [1.54, 1.807) is 6.08 Å². The molecule has 0 bridgehead atoms. The Morgan fingerprint density at radius 2 is 0.717 bits per heavy atom. The lowest BCUT2D eigenvalue weighted by molar-refractivity contribution is -0.166. The summed E-state index contributed by atoms with van der Waals surface area (Å²) in [5.41, 5.74) is 0. The van der Waals surface area contributed by atoms with E-state index in [1.807, 2.05) is 6.08 Å². The van der Waals surface area contributed by atoms with E-state index >= 15 is 0 Å². The zero-order valence-corrected chi connectivity index (χ0v) is 39.7. The first-order chi connectivity index (χ1) is 29.5. The van der Waals surface area contributed by atoms with Gasteiger partial charge in [-0.25, -0.2) is 0 Å². The summed E-state index contributed by atoms with van der Waals surface area (Å²) in [5, 5.41) is 0. The van der Waals surface area contributed by atoms with Crippen molar-refractivity contribution in [2.45, 2.75) is 264 Å². The molecule has 60 heavy (non-hydrogen) atoms. The number of unbranched alkanes of at least 4 members (excludes halogenated alkanes) is 28. The molecule has 0 aliphatic carbocycles. The van der Waals surface area contributed by atoms with Crippen molar-refractivity contribution in [2.75, 3.05) is 13.2 Å². The van der Waals surface area contributed by atoms with Crippen LogP contribution >= 0.6 is 0 Å². The maximum atomic E-state index is 12.8. The highest BCUT2D eigenvalue weighted by Gasteiger charge is 2.19. The van der Waals surface area contributed by atoms with Crippen molar-refractivity contribution < 1.29 is 28.6 Å². The molecule has 0 aliphatic heterocycles. The summed E-state index contributed by atoms with van der Waals surface area (Å²) in [6.07, 6.45) is 58.5. The maximum Gasteiger partial charge on any atom is 0.309 e. The summed E-state index contributed by atoms with van der Waals surface area (Å²) >= 11 is 0. The summed E-state index contributed by atoms with van der Waals surface area (Å²) in [6, 6.07) is 0. The number of allylic oxidation sites excluding steroid dienone is 7. The van der Waals surface area contributed by atoms with E-state index in [9.17, 15) is 14.4 Å². The van der Waals surface area contributed by atoms with Crippen molar-refractivity contribution in [3.8, 4) is 0 Å². The highest BCUT2D eigenvalue weighted by molar-refractivity contribution is 5.72. The van der Waals surface area contributed by atoms with Gasteiger partial charge < -0.3 is 14.2 Å². The number of carbonyl (C=O) groups excluding carboxylic acids is 3. The predicted octanol–water partition coefficient (Wildman–Crippen LogP) is 16.7. The fourth-order valence-corrected chi connectivity index (χ4v) is 7.26. The molecule has 0 amide bonds. The lowest BCUT2D eigenvalue weighted by Crippen LogP contribution is -2.30. The van der Waals surface area contributed by atoms with Gasteiger partial charge in [0.2, 0.25) is 0 Å². The van der Waals surface area contributed by atoms with Crippen LogP contribution in [0.1, 0.15) is 258 Å². The molecular weight excluding hydrogens is 745 g/mol. The van der Waals surface area contributed by atoms with Crippen LogP contribution in [-0.4, -0.2) is 37.2 Å². The van der Waals surface area contributed by atoms with Crippen LogP contribution in [0.3, 0.4) is 0 Å². The fraction of sp³-hybridized carbons (Fsp3) is 0.796. The summed E-state index contributed by atoms with van der Waals surface area (Å²) in [7, 11) is 0. The molecule has 0 saturated carbocycles. The van der Waals surface area contributed by atoms with Gasteiger partial charge in [0.15, 0.2) is 6.10 Å². The molecule has 0 aromatic carbocycles. The predicted molar refractivity (Wildman–Crippen MR) is 256 cm³/mol. The molecule has 0 fully saturated rings. The van der Waals surface area contributed by atoms with Gasteiger partial charge in [-0.1, -0.05) is 230 Å². The van der Waals surface area contributed by atoms with Gasteiger partial charge in [0, 0.05) is 12.8 Å². The molecule has 0 heterocycles. The lowest BCUT2D eigenvalue weighted by atomic mass is 10.0. The Morgan fingerprint density at radius 3 is 1.15 bits per heavy atom. The Balaban J connectivity index is 4.34. The Bertz CT molecular complexity index is 1060. The Labute approximate surface area is 371 Å². The molecule has 0 rings (SSSR count). The van der Waals surface area contributed by atoms with Gasteiger partial charge in [-0.05, 0) is 57.8 Å². The molecular formula is C54H96O6. The molecule has 0 N–H and O–H groups in total. The van der Waals surface area contributed by atoms with Crippen molar-refractivity contribution in [3.63, 3.8) is 0 Å². The standard InChI is InChI=1S/C54H96O6/c1-4-7-10-13-16-19-21-23-25-27-29-30-32-35-38-41-44-47-53(56)59-50-51(49-58-52(55)46-43-40-37-34-18-15-12-9-6-3)60-54(57)48-45-42-39-36-33-31-28-26-24-22-20-17-14-11-8-5-2/h9,12,18,26,28,34,40,43,51H,4-8,10-11,13-17,19-25,27,29-33,35-39,41-42,44-50H2,1-3H3/b12-9-,28-26-,34-18-,43-40-. The first kappa shape index (κ1) is 57.4. The van der Waals surface area contributed by atoms with Crippen LogP contribution in [0.4, 0.5) is 0 Å². The van der Waals surface area contributed by atoms with E-state index < -0.39 is 12.1 Å². The highest BCUT2D eigenvalue weighted by Crippen LogP contribution is 2.16. The minimum absolute atomic E-state index is 0.101. The van der Waals surface area contributed by atoms with E-state index in [0.29, 0.717) is 12.8 Å². The fourth-order valence-electron chi connectivity index (χ4n) is 7.26. The number of ether oxygens (including phenoxy) is 3. The second kappa shape index (κ2) is 49.0. The molecule has 0 spiro atoms. The summed E-state index contributed by atoms with van der Waals surface area (Å²) < 4.78 is 16.6. The van der Waals surface area contributed by atoms with E-state index in [0.717, 1.165) is 70.6 Å². The van der Waals surface area contributed by atoms with Gasteiger partial charge >= 0.3 is 17.9 Å². The topological polar surface area (TPSA) is 78.9 Å². The van der Waals surface area contributed by atoms with Crippen LogP contribution in [0.5, 0.6) is 0 Å². The van der Waals surface area contributed by atoms with Gasteiger partial charge in [-0.15, -0.1) is 0 Å².